The number of nitrogens with one attached hydrogen (secondary N) is 1. The van der Waals surface area contributed by atoms with Crippen LogP contribution in [0, 0.1) is 11.7 Å². The third-order valence-electron chi connectivity index (χ3n) is 11.2. The van der Waals surface area contributed by atoms with Gasteiger partial charge in [0, 0.05) is 35.8 Å². The van der Waals surface area contributed by atoms with Gasteiger partial charge in [-0.25, -0.2) is 28.0 Å². The van der Waals surface area contributed by atoms with Crippen molar-refractivity contribution in [1.29, 1.82) is 0 Å². The van der Waals surface area contributed by atoms with Crippen molar-refractivity contribution in [1.82, 2.24) is 24.6 Å². The largest absolute Gasteiger partial charge is 0.444 e. The molecule has 0 bridgehead atoms. The van der Waals surface area contributed by atoms with Crippen LogP contribution < -0.4 is 5.32 Å². The van der Waals surface area contributed by atoms with Gasteiger partial charge >= 0.3 is 30.5 Å². The number of rotatable bonds is 11. The number of halogens is 7. The third kappa shape index (κ3) is 9.47. The summed E-state index contributed by atoms with van der Waals surface area (Å²) < 4.78 is 118. The summed E-state index contributed by atoms with van der Waals surface area (Å²) in [6.45, 7) is 14.5. The number of carbonyl (C=O) groups excluding carboxylic acids is 3. The van der Waals surface area contributed by atoms with Crippen LogP contribution in [0.15, 0.2) is 60.8 Å². The molecule has 3 heterocycles. The Kier molecular flexibility index (Phi) is 13.1. The molecule has 64 heavy (non-hydrogen) atoms. The fraction of sp³-hybridized carbons (Fsp3) is 0.435. The first-order valence-corrected chi connectivity index (χ1v) is 20.7. The number of fused-ring (bicyclic) bond motifs is 2. The molecular formula is C46H50F7N5O6. The molecule has 0 radical (unpaired) electrons. The van der Waals surface area contributed by atoms with Crippen LogP contribution in [-0.4, -0.2) is 55.8 Å². The second-order valence-electron chi connectivity index (χ2n) is 17.4. The molecule has 1 aliphatic rings. The summed E-state index contributed by atoms with van der Waals surface area (Å²) in [5.41, 5.74) is -0.762. The van der Waals surface area contributed by atoms with Crippen LogP contribution in [0.4, 0.5) is 40.3 Å². The number of hydrogen-bond donors (Lipinski definition) is 1. The molecule has 6 rings (SSSR count). The SMILES string of the molecule is CCc1cccc(CC)c1-n1nc2c(c1-c1ccc(F)c3c1ccn3C(=O)OCOC(=O)C(NC(=O)OC(C)(C)C)C(C)C)CN(Cc1ccc(C(F)(F)F)cc1C(F)(F)F)C2(C)C. The van der Waals surface area contributed by atoms with Gasteiger partial charge in [0.15, 0.2) is 0 Å². The summed E-state index contributed by atoms with van der Waals surface area (Å²) in [6.07, 6.45) is -9.56. The molecule has 2 aromatic heterocycles. The summed E-state index contributed by atoms with van der Waals surface area (Å²) >= 11 is 0. The molecule has 0 saturated carbocycles. The predicted molar refractivity (Wildman–Crippen MR) is 223 cm³/mol. The second kappa shape index (κ2) is 17.6. The molecule has 0 saturated heterocycles. The average Bonchev–Trinajstić information content (AvgIpc) is 3.87. The van der Waals surface area contributed by atoms with Gasteiger partial charge in [0.2, 0.25) is 6.79 Å². The van der Waals surface area contributed by atoms with Crippen LogP contribution >= 0.6 is 0 Å². The first kappa shape index (κ1) is 47.6. The van der Waals surface area contributed by atoms with Gasteiger partial charge in [-0.3, -0.25) is 4.90 Å². The standard InChI is InChI=1S/C46H50F7N5O6/c1-10-26-13-12-14-27(11-2)36(26)58-37(32-23-56(44(8,9)39(32)55-58)22-28-15-16-29(45(48,49)50)21-33(28)46(51,52)53)30-17-18-34(47)38-31(30)19-20-57(38)42(61)63-24-62-40(59)35(25(3)4)54-41(60)64-43(5,6)7/h12-21,25,35H,10-11,22-24H2,1-9H3,(H,54,60). The lowest BCUT2D eigenvalue weighted by Crippen LogP contribution is -2.47. The van der Waals surface area contributed by atoms with E-state index in [2.05, 4.69) is 5.32 Å². The number of alkyl halides is 6. The number of carbonyl (C=O) groups is 3. The Labute approximate surface area is 365 Å². The van der Waals surface area contributed by atoms with Crippen molar-refractivity contribution in [2.45, 2.75) is 118 Å². The molecule has 1 unspecified atom stereocenters. The van der Waals surface area contributed by atoms with Crippen molar-refractivity contribution >= 4 is 29.1 Å². The lowest BCUT2D eigenvalue weighted by Gasteiger charge is -2.33. The number of aromatic nitrogens is 3. The summed E-state index contributed by atoms with van der Waals surface area (Å²) in [5, 5.41) is 7.83. The van der Waals surface area contributed by atoms with E-state index in [-0.39, 0.29) is 35.6 Å². The number of alkyl carbamates (subject to hydrolysis) is 1. The first-order chi connectivity index (χ1) is 29.8. The third-order valence-corrected chi connectivity index (χ3v) is 11.2. The highest BCUT2D eigenvalue weighted by Gasteiger charge is 2.45. The number of benzene rings is 3. The van der Waals surface area contributed by atoms with Crippen molar-refractivity contribution in [3.63, 3.8) is 0 Å². The van der Waals surface area contributed by atoms with Gasteiger partial charge < -0.3 is 19.5 Å². The Morgan fingerprint density at radius 2 is 1.53 bits per heavy atom. The molecule has 1 aliphatic heterocycles. The van der Waals surface area contributed by atoms with Crippen LogP contribution in [0.1, 0.15) is 101 Å². The van der Waals surface area contributed by atoms with Gasteiger partial charge in [0.25, 0.3) is 0 Å². The number of hydrogen-bond acceptors (Lipinski definition) is 8. The quantitative estimate of drug-likeness (QED) is 0.0791. The van der Waals surface area contributed by atoms with E-state index in [1.165, 1.54) is 18.3 Å². The Morgan fingerprint density at radius 1 is 0.875 bits per heavy atom. The van der Waals surface area contributed by atoms with Crippen molar-refractivity contribution < 1.29 is 59.3 Å². The smallest absolute Gasteiger partial charge is 0.421 e. The van der Waals surface area contributed by atoms with Gasteiger partial charge in [0.1, 0.15) is 17.5 Å². The van der Waals surface area contributed by atoms with Crippen LogP contribution in [-0.2, 0) is 62.8 Å². The lowest BCUT2D eigenvalue weighted by atomic mass is 9.96. The van der Waals surface area contributed by atoms with Gasteiger partial charge in [-0.15, -0.1) is 0 Å². The van der Waals surface area contributed by atoms with Gasteiger partial charge in [0.05, 0.1) is 39.3 Å². The summed E-state index contributed by atoms with van der Waals surface area (Å²) in [6, 6.07) is 10.4. The van der Waals surface area contributed by atoms with Crippen molar-refractivity contribution in [3.8, 4) is 16.9 Å². The molecule has 18 heteroatoms. The molecule has 344 valence electrons. The van der Waals surface area contributed by atoms with E-state index in [1.807, 2.05) is 32.0 Å². The molecule has 5 aromatic rings. The second-order valence-corrected chi connectivity index (χ2v) is 17.4. The molecule has 1 amide bonds. The van der Waals surface area contributed by atoms with E-state index >= 15 is 4.39 Å². The van der Waals surface area contributed by atoms with E-state index in [4.69, 9.17) is 19.3 Å². The Balaban J connectivity index is 1.40. The Hall–Kier alpha value is -5.91. The van der Waals surface area contributed by atoms with Gasteiger partial charge in [-0.2, -0.15) is 31.4 Å². The lowest BCUT2D eigenvalue weighted by molar-refractivity contribution is -0.155. The van der Waals surface area contributed by atoms with Crippen LogP contribution in [0.2, 0.25) is 0 Å². The molecule has 3 aromatic carbocycles. The summed E-state index contributed by atoms with van der Waals surface area (Å²) in [5.74, 6) is -2.16. The van der Waals surface area contributed by atoms with Gasteiger partial charge in [-0.1, -0.05) is 52.0 Å². The maximum atomic E-state index is 16.0. The number of aryl methyl sites for hydroxylation is 2. The van der Waals surface area contributed by atoms with Crippen LogP contribution in [0.5, 0.6) is 0 Å². The number of para-hydroxylation sites is 1. The van der Waals surface area contributed by atoms with Crippen LogP contribution in [0.25, 0.3) is 27.8 Å². The minimum Gasteiger partial charge on any atom is -0.444 e. The van der Waals surface area contributed by atoms with Crippen molar-refractivity contribution in [3.05, 3.63) is 106 Å². The maximum absolute atomic E-state index is 16.0. The predicted octanol–water partition coefficient (Wildman–Crippen LogP) is 11.1. The van der Waals surface area contributed by atoms with E-state index in [0.717, 1.165) is 33.5 Å². The maximum Gasteiger partial charge on any atom is 0.421 e. The summed E-state index contributed by atoms with van der Waals surface area (Å²) in [4.78, 5) is 40.6. The van der Waals surface area contributed by atoms with Crippen molar-refractivity contribution in [2.24, 2.45) is 5.92 Å². The number of esters is 1. The monoisotopic (exact) mass is 901 g/mol. The highest BCUT2D eigenvalue weighted by molar-refractivity contribution is 6.00. The Bertz CT molecular complexity index is 2560. The normalized spacial score (nSPS) is 14.8. The fourth-order valence-corrected chi connectivity index (χ4v) is 7.98. The molecule has 0 spiro atoms. The fourth-order valence-electron chi connectivity index (χ4n) is 7.98. The molecule has 11 nitrogen and oxygen atoms in total. The zero-order valence-electron chi connectivity index (χ0n) is 36.8. The molecular weight excluding hydrogens is 852 g/mol. The van der Waals surface area contributed by atoms with E-state index in [0.29, 0.717) is 41.4 Å². The Morgan fingerprint density at radius 3 is 2.11 bits per heavy atom. The molecule has 1 N–H and O–H groups in total. The zero-order chi connectivity index (χ0) is 47.3. The van der Waals surface area contributed by atoms with E-state index in [1.54, 1.807) is 58.0 Å². The topological polar surface area (TPSA) is 117 Å². The minimum absolute atomic E-state index is 0.00111. The van der Waals surface area contributed by atoms with E-state index < -0.39 is 77.3 Å². The van der Waals surface area contributed by atoms with Gasteiger partial charge in [-0.05, 0) is 100 Å². The summed E-state index contributed by atoms with van der Waals surface area (Å²) in [7, 11) is 0. The molecule has 0 fully saturated rings. The highest BCUT2D eigenvalue weighted by Crippen LogP contribution is 2.48. The average molecular weight is 902 g/mol. The number of amides is 1. The van der Waals surface area contributed by atoms with Crippen molar-refractivity contribution in [2.75, 3.05) is 6.79 Å². The molecule has 0 aliphatic carbocycles. The zero-order valence-corrected chi connectivity index (χ0v) is 36.8. The van der Waals surface area contributed by atoms with E-state index in [9.17, 15) is 40.7 Å². The highest BCUT2D eigenvalue weighted by atomic mass is 19.4. The molecule has 1 atom stereocenters. The first-order valence-electron chi connectivity index (χ1n) is 20.7. The van der Waals surface area contributed by atoms with Crippen LogP contribution in [0.3, 0.4) is 0 Å². The number of ether oxygens (including phenoxy) is 3. The number of nitrogens with zero attached hydrogens (tertiary/aromatic N) is 4. The minimum atomic E-state index is -5.08.